The highest BCUT2D eigenvalue weighted by molar-refractivity contribution is 7.91. The van der Waals surface area contributed by atoms with E-state index in [1.54, 1.807) is 30.7 Å². The normalized spacial score (nSPS) is 21.3. The summed E-state index contributed by atoms with van der Waals surface area (Å²) in [6.45, 7) is 1.75. The number of sulfone groups is 1. The molecule has 8 rings (SSSR count). The minimum atomic E-state index is -3.75. The first-order valence-electron chi connectivity index (χ1n) is 14.7. The van der Waals surface area contributed by atoms with Crippen LogP contribution in [-0.4, -0.2) is 77.3 Å². The van der Waals surface area contributed by atoms with Crippen molar-refractivity contribution < 1.29 is 13.2 Å². The lowest BCUT2D eigenvalue weighted by molar-refractivity contribution is 0.0556. The third-order valence-electron chi connectivity index (χ3n) is 9.08. The van der Waals surface area contributed by atoms with Crippen LogP contribution in [0.25, 0.3) is 27.5 Å². The smallest absolute Gasteiger partial charge is 0.292 e. The zero-order chi connectivity index (χ0) is 30.3. The topological polar surface area (TPSA) is 178 Å². The van der Waals surface area contributed by atoms with Crippen LogP contribution in [0.15, 0.2) is 29.4 Å². The molecule has 15 heteroatoms. The Balaban J connectivity index is 1.16. The molecular weight excluding hydrogens is 601 g/mol. The third kappa shape index (κ3) is 4.31. The van der Waals surface area contributed by atoms with Gasteiger partial charge in [-0.05, 0) is 57.9 Å². The van der Waals surface area contributed by atoms with Crippen LogP contribution in [0.4, 0.5) is 5.82 Å². The second-order valence-electron chi connectivity index (χ2n) is 12.0. The van der Waals surface area contributed by atoms with Crippen LogP contribution in [0.1, 0.15) is 70.7 Å². The molecule has 0 radical (unpaired) electrons. The first-order chi connectivity index (χ1) is 21.2. The Hall–Kier alpha value is -4.24. The molecule has 7 heterocycles. The van der Waals surface area contributed by atoms with Gasteiger partial charge in [-0.25, -0.2) is 18.4 Å². The number of carbonyl (C=O) groups is 1. The Morgan fingerprint density at radius 2 is 1.89 bits per heavy atom. The zero-order valence-electron chi connectivity index (χ0n) is 24.2. The van der Waals surface area contributed by atoms with Gasteiger partial charge in [-0.2, -0.15) is 9.61 Å². The number of amides is 1. The predicted octanol–water partition coefficient (Wildman–Crippen LogP) is 3.37. The number of rotatable bonds is 5. The monoisotopic (exact) mass is 630 g/mol. The van der Waals surface area contributed by atoms with E-state index in [2.05, 4.69) is 20.3 Å². The summed E-state index contributed by atoms with van der Waals surface area (Å²) < 4.78 is 27.7. The van der Waals surface area contributed by atoms with Gasteiger partial charge in [-0.1, -0.05) is 6.07 Å². The second kappa shape index (κ2) is 9.89. The van der Waals surface area contributed by atoms with Crippen molar-refractivity contribution in [2.24, 2.45) is 0 Å². The fourth-order valence-corrected chi connectivity index (χ4v) is 9.34. The summed E-state index contributed by atoms with van der Waals surface area (Å²) in [4.78, 5) is 34.0. The molecule has 2 atom stereocenters. The molecule has 1 aliphatic carbocycles. The fourth-order valence-electron chi connectivity index (χ4n) is 7.15. The molecule has 2 unspecified atom stereocenters. The third-order valence-corrected chi connectivity index (χ3v) is 11.4. The van der Waals surface area contributed by atoms with Crippen LogP contribution >= 0.6 is 11.3 Å². The van der Waals surface area contributed by atoms with Crippen LogP contribution in [0.3, 0.4) is 0 Å². The molecule has 0 aromatic carbocycles. The summed E-state index contributed by atoms with van der Waals surface area (Å²) in [6.07, 6.45) is 10.6. The number of thiazole rings is 1. The van der Waals surface area contributed by atoms with Crippen LogP contribution in [0.5, 0.6) is 0 Å². The molecule has 226 valence electrons. The quantitative estimate of drug-likeness (QED) is 0.293. The van der Waals surface area contributed by atoms with E-state index in [0.717, 1.165) is 54.6 Å². The van der Waals surface area contributed by atoms with Gasteiger partial charge in [0, 0.05) is 46.5 Å². The second-order valence-corrected chi connectivity index (χ2v) is 15.0. The molecule has 3 aliphatic rings. The molecule has 5 aromatic rings. The number of H-pyrrole nitrogens is 1. The Kier molecular flexibility index (Phi) is 6.14. The van der Waals surface area contributed by atoms with Crippen molar-refractivity contribution >= 4 is 38.5 Å². The number of hydrogen-bond acceptors (Lipinski definition) is 11. The highest BCUT2D eigenvalue weighted by atomic mass is 32.2. The number of nitrogens with zero attached hydrogens (tertiary/aromatic N) is 8. The molecule has 2 fully saturated rings. The van der Waals surface area contributed by atoms with Crippen molar-refractivity contribution in [3.05, 3.63) is 52.4 Å². The molecular formula is C29H30N10O3S2. The molecule has 2 aliphatic heterocycles. The number of nitrogen functional groups attached to an aromatic ring is 1. The SMILES string of the molecule is Cc1nnc(C(=O)N2C3CCC2CC(c2nc4c(-c5ccc(-c6nc7c(s6)CCC7)nc5)cnn4c(N)c2S(C)(=O)=O)C3)[nH]1. The van der Waals surface area contributed by atoms with Gasteiger partial charge in [0.15, 0.2) is 15.5 Å². The summed E-state index contributed by atoms with van der Waals surface area (Å²) in [5.41, 5.74) is 10.9. The maximum atomic E-state index is 13.3. The van der Waals surface area contributed by atoms with Gasteiger partial charge in [-0.15, -0.1) is 21.5 Å². The van der Waals surface area contributed by atoms with Crippen molar-refractivity contribution in [1.29, 1.82) is 0 Å². The molecule has 2 saturated heterocycles. The van der Waals surface area contributed by atoms with E-state index < -0.39 is 9.84 Å². The maximum Gasteiger partial charge on any atom is 0.292 e. The fraction of sp³-hybridized carbons (Fsp3) is 0.414. The number of nitrogens with one attached hydrogen (secondary N) is 1. The van der Waals surface area contributed by atoms with Crippen molar-refractivity contribution in [2.75, 3.05) is 12.0 Å². The molecule has 0 spiro atoms. The van der Waals surface area contributed by atoms with Crippen molar-refractivity contribution in [1.82, 2.24) is 44.6 Å². The van der Waals surface area contributed by atoms with Gasteiger partial charge in [0.1, 0.15) is 21.5 Å². The number of carbonyl (C=O) groups excluding carboxylic acids is 1. The zero-order valence-corrected chi connectivity index (χ0v) is 25.8. The Morgan fingerprint density at radius 1 is 1.09 bits per heavy atom. The number of aromatic nitrogens is 8. The van der Waals surface area contributed by atoms with E-state index in [1.165, 1.54) is 15.1 Å². The summed E-state index contributed by atoms with van der Waals surface area (Å²) in [5.74, 6) is 0.443. The molecule has 0 saturated carbocycles. The average Bonchev–Trinajstić information content (AvgIpc) is 3.81. The maximum absolute atomic E-state index is 13.3. The lowest BCUT2D eigenvalue weighted by atomic mass is 9.87. The Morgan fingerprint density at radius 3 is 2.55 bits per heavy atom. The largest absolute Gasteiger partial charge is 0.382 e. The number of anilines is 1. The minimum absolute atomic E-state index is 0.0000212. The lowest BCUT2D eigenvalue weighted by Crippen LogP contribution is -2.46. The molecule has 1 amide bonds. The number of piperidine rings is 1. The van der Waals surface area contributed by atoms with Crippen LogP contribution < -0.4 is 5.73 Å². The Labute approximate surface area is 256 Å². The van der Waals surface area contributed by atoms with E-state index in [9.17, 15) is 13.2 Å². The van der Waals surface area contributed by atoms with Crippen molar-refractivity contribution in [3.63, 3.8) is 0 Å². The van der Waals surface area contributed by atoms with E-state index in [-0.39, 0.29) is 40.4 Å². The van der Waals surface area contributed by atoms with Gasteiger partial charge in [0.05, 0.1) is 23.3 Å². The number of hydrogen-bond donors (Lipinski definition) is 2. The predicted molar refractivity (Wildman–Crippen MR) is 163 cm³/mol. The van der Waals surface area contributed by atoms with Gasteiger partial charge in [-0.3, -0.25) is 9.78 Å². The van der Waals surface area contributed by atoms with Gasteiger partial charge in [0.2, 0.25) is 5.82 Å². The number of aromatic amines is 1. The molecule has 44 heavy (non-hydrogen) atoms. The molecule has 3 N–H and O–H groups in total. The van der Waals surface area contributed by atoms with Gasteiger partial charge >= 0.3 is 0 Å². The van der Waals surface area contributed by atoms with E-state index in [1.807, 2.05) is 17.0 Å². The lowest BCUT2D eigenvalue weighted by Gasteiger charge is -2.38. The first-order valence-corrected chi connectivity index (χ1v) is 17.4. The van der Waals surface area contributed by atoms with Crippen molar-refractivity contribution in [2.45, 2.75) is 74.8 Å². The summed E-state index contributed by atoms with van der Waals surface area (Å²) in [6, 6.07) is 3.76. The number of nitrogens with two attached hydrogens (primary N) is 1. The van der Waals surface area contributed by atoms with Crippen LogP contribution in [-0.2, 0) is 22.7 Å². The standard InChI is InChI=1S/C29H30N10O3S2/c1-14-33-26(37-36-14)29(40)38-17-7-8-18(38)11-16(10-17)23-24(44(2,41)42)25(30)39-27(35-23)19(13-32-39)15-6-9-21(31-12-15)28-34-20-4-3-5-22(20)43-28/h6,9,12-13,16-18H,3-5,7-8,10-11,30H2,1-2H3,(H,33,36,37). The summed E-state index contributed by atoms with van der Waals surface area (Å²) >= 11 is 1.70. The first kappa shape index (κ1) is 27.3. The van der Waals surface area contributed by atoms with Crippen molar-refractivity contribution in [3.8, 4) is 21.8 Å². The number of pyridine rings is 1. The van der Waals surface area contributed by atoms with Gasteiger partial charge in [0.25, 0.3) is 5.91 Å². The van der Waals surface area contributed by atoms with E-state index in [4.69, 9.17) is 20.7 Å². The number of aryl methyl sites for hydroxylation is 3. The van der Waals surface area contributed by atoms with Crippen LogP contribution in [0.2, 0.25) is 0 Å². The van der Waals surface area contributed by atoms with Gasteiger partial charge < -0.3 is 15.6 Å². The highest BCUT2D eigenvalue weighted by Gasteiger charge is 2.46. The molecule has 13 nitrogen and oxygen atoms in total. The average molecular weight is 631 g/mol. The summed E-state index contributed by atoms with van der Waals surface area (Å²) in [7, 11) is -3.75. The number of fused-ring (bicyclic) bond motifs is 4. The van der Waals surface area contributed by atoms with Crippen LogP contribution in [0, 0.1) is 6.92 Å². The highest BCUT2D eigenvalue weighted by Crippen LogP contribution is 2.46. The van der Waals surface area contributed by atoms with E-state index in [0.29, 0.717) is 35.6 Å². The molecule has 2 bridgehead atoms. The van der Waals surface area contributed by atoms with E-state index >= 15 is 0 Å². The summed E-state index contributed by atoms with van der Waals surface area (Å²) in [5, 5.41) is 13.3. The minimum Gasteiger partial charge on any atom is -0.382 e. The molecule has 5 aromatic heterocycles. The Bertz CT molecular complexity index is 2030.